The van der Waals surface area contributed by atoms with Gasteiger partial charge in [0.2, 0.25) is 5.83 Å². The molecule has 1 atom stereocenters. The first-order valence-corrected chi connectivity index (χ1v) is 8.99. The Morgan fingerprint density at radius 1 is 1.12 bits per heavy atom. The zero-order valence-electron chi connectivity index (χ0n) is 14.7. The number of halogens is 2. The van der Waals surface area contributed by atoms with E-state index in [0.29, 0.717) is 23.5 Å². The summed E-state index contributed by atoms with van der Waals surface area (Å²) in [6.07, 6.45) is 8.64. The SMILES string of the molecule is CCCc1ccc(C#C/C(F)=C(\F)C2=CCC(CCC)CC2)cc1. The molecule has 1 aliphatic rings. The highest BCUT2D eigenvalue weighted by Crippen LogP contribution is 2.32. The third kappa shape index (κ3) is 5.34. The summed E-state index contributed by atoms with van der Waals surface area (Å²) in [5.41, 5.74) is 2.42. The number of rotatable bonds is 5. The molecule has 2 heteroatoms. The second-order valence-corrected chi connectivity index (χ2v) is 6.48. The van der Waals surface area contributed by atoms with Crippen molar-refractivity contribution in [3.8, 4) is 11.8 Å². The van der Waals surface area contributed by atoms with E-state index >= 15 is 0 Å². The Hall–Kier alpha value is -1.88. The van der Waals surface area contributed by atoms with Crippen molar-refractivity contribution >= 4 is 0 Å². The molecule has 0 nitrogen and oxygen atoms in total. The molecule has 0 saturated carbocycles. The van der Waals surface area contributed by atoms with E-state index in [4.69, 9.17) is 0 Å². The fourth-order valence-electron chi connectivity index (χ4n) is 3.12. The molecule has 0 radical (unpaired) electrons. The molecule has 0 N–H and O–H groups in total. The first-order chi connectivity index (χ1) is 11.6. The Labute approximate surface area is 144 Å². The van der Waals surface area contributed by atoms with Crippen LogP contribution in [0, 0.1) is 17.8 Å². The molecule has 128 valence electrons. The topological polar surface area (TPSA) is 0 Å². The second-order valence-electron chi connectivity index (χ2n) is 6.48. The first-order valence-electron chi connectivity index (χ1n) is 8.99. The number of allylic oxidation sites excluding steroid dienone is 4. The largest absolute Gasteiger partial charge is 0.209 e. The van der Waals surface area contributed by atoms with Crippen molar-refractivity contribution in [1.82, 2.24) is 0 Å². The van der Waals surface area contributed by atoms with Gasteiger partial charge < -0.3 is 0 Å². The van der Waals surface area contributed by atoms with Gasteiger partial charge in [0.25, 0.3) is 0 Å². The smallest absolute Gasteiger partial charge is 0.203 e. The van der Waals surface area contributed by atoms with E-state index in [9.17, 15) is 8.78 Å². The maximum Gasteiger partial charge on any atom is 0.209 e. The molecule has 1 unspecified atom stereocenters. The van der Waals surface area contributed by atoms with Crippen LogP contribution in [0.2, 0.25) is 0 Å². The molecule has 1 aromatic carbocycles. The molecule has 0 aromatic heterocycles. The summed E-state index contributed by atoms with van der Waals surface area (Å²) >= 11 is 0. The lowest BCUT2D eigenvalue weighted by atomic mass is 9.86. The van der Waals surface area contributed by atoms with Crippen molar-refractivity contribution in [1.29, 1.82) is 0 Å². The van der Waals surface area contributed by atoms with Crippen LogP contribution in [0.25, 0.3) is 0 Å². The maximum atomic E-state index is 14.2. The van der Waals surface area contributed by atoms with Crippen LogP contribution >= 0.6 is 0 Å². The summed E-state index contributed by atoms with van der Waals surface area (Å²) < 4.78 is 28.2. The molecule has 1 aromatic rings. The van der Waals surface area contributed by atoms with Crippen LogP contribution in [0.15, 0.2) is 47.6 Å². The fourth-order valence-corrected chi connectivity index (χ4v) is 3.12. The average Bonchev–Trinajstić information content (AvgIpc) is 2.61. The van der Waals surface area contributed by atoms with Crippen molar-refractivity contribution in [2.75, 3.05) is 0 Å². The van der Waals surface area contributed by atoms with Crippen LogP contribution < -0.4 is 0 Å². The third-order valence-electron chi connectivity index (χ3n) is 4.50. The Kier molecular flexibility index (Phi) is 7.25. The van der Waals surface area contributed by atoms with Gasteiger partial charge in [-0.3, -0.25) is 0 Å². The van der Waals surface area contributed by atoms with Crippen molar-refractivity contribution in [2.45, 2.75) is 58.8 Å². The van der Waals surface area contributed by atoms with Crippen LogP contribution in [-0.4, -0.2) is 0 Å². The minimum Gasteiger partial charge on any atom is -0.203 e. The highest BCUT2D eigenvalue weighted by molar-refractivity contribution is 5.43. The van der Waals surface area contributed by atoms with Crippen LogP contribution in [0.5, 0.6) is 0 Å². The van der Waals surface area contributed by atoms with Gasteiger partial charge in [-0.05, 0) is 60.8 Å². The summed E-state index contributed by atoms with van der Waals surface area (Å²) in [6, 6.07) is 7.70. The Morgan fingerprint density at radius 2 is 1.88 bits per heavy atom. The number of hydrogen-bond acceptors (Lipinski definition) is 0. The van der Waals surface area contributed by atoms with E-state index in [2.05, 4.69) is 25.7 Å². The first kappa shape index (κ1) is 18.5. The molecule has 0 bridgehead atoms. The maximum absolute atomic E-state index is 14.2. The van der Waals surface area contributed by atoms with Gasteiger partial charge in [-0.1, -0.05) is 57.2 Å². The monoisotopic (exact) mass is 328 g/mol. The van der Waals surface area contributed by atoms with Crippen LogP contribution in [0.1, 0.15) is 63.5 Å². The molecule has 24 heavy (non-hydrogen) atoms. The van der Waals surface area contributed by atoms with Crippen molar-refractivity contribution < 1.29 is 8.78 Å². The minimum absolute atomic E-state index is 0.479. The second kappa shape index (κ2) is 9.42. The number of aryl methyl sites for hydroxylation is 1. The van der Waals surface area contributed by atoms with Gasteiger partial charge in [0, 0.05) is 5.56 Å². The van der Waals surface area contributed by atoms with Crippen LogP contribution in [0.3, 0.4) is 0 Å². The molecule has 0 spiro atoms. The van der Waals surface area contributed by atoms with E-state index in [1.54, 1.807) is 0 Å². The molecule has 2 rings (SSSR count). The van der Waals surface area contributed by atoms with Gasteiger partial charge in [-0.2, -0.15) is 4.39 Å². The zero-order chi connectivity index (χ0) is 17.4. The molecule has 0 heterocycles. The number of hydrogen-bond donors (Lipinski definition) is 0. The number of benzene rings is 1. The van der Waals surface area contributed by atoms with Gasteiger partial charge in [0.15, 0.2) is 5.83 Å². The highest BCUT2D eigenvalue weighted by atomic mass is 19.2. The predicted molar refractivity (Wildman–Crippen MR) is 96.9 cm³/mol. The van der Waals surface area contributed by atoms with E-state index in [1.165, 1.54) is 5.56 Å². The average molecular weight is 328 g/mol. The summed E-state index contributed by atoms with van der Waals surface area (Å²) in [4.78, 5) is 0. The highest BCUT2D eigenvalue weighted by Gasteiger charge is 2.18. The predicted octanol–water partition coefficient (Wildman–Crippen LogP) is 6.67. The van der Waals surface area contributed by atoms with Crippen molar-refractivity contribution in [3.05, 3.63) is 58.7 Å². The molecule has 0 fully saturated rings. The standard InChI is InChI=1S/C22H26F2/c1-3-5-17-7-9-19(10-8-17)13-16-21(23)22(24)20-14-11-18(6-4-2)12-15-20/h7-10,14,18H,3-6,11-12,15H2,1-2H3/b22-21+. The lowest BCUT2D eigenvalue weighted by Crippen LogP contribution is -2.06. The molecule has 0 aliphatic heterocycles. The van der Waals surface area contributed by atoms with E-state index in [-0.39, 0.29) is 0 Å². The van der Waals surface area contributed by atoms with E-state index in [0.717, 1.165) is 38.5 Å². The molecular weight excluding hydrogens is 302 g/mol. The summed E-state index contributed by atoms with van der Waals surface area (Å²) in [7, 11) is 0. The molecular formula is C22H26F2. The molecule has 1 aliphatic carbocycles. The zero-order valence-corrected chi connectivity index (χ0v) is 14.7. The lowest BCUT2D eigenvalue weighted by molar-refractivity contribution is 0.425. The summed E-state index contributed by atoms with van der Waals surface area (Å²) in [6.45, 7) is 4.28. The van der Waals surface area contributed by atoms with Crippen molar-refractivity contribution in [3.63, 3.8) is 0 Å². The van der Waals surface area contributed by atoms with E-state index in [1.807, 2.05) is 30.3 Å². The molecule has 0 amide bonds. The Bertz CT molecular complexity index is 653. The molecule has 0 saturated heterocycles. The van der Waals surface area contributed by atoms with Crippen LogP contribution in [0.4, 0.5) is 8.78 Å². The summed E-state index contributed by atoms with van der Waals surface area (Å²) in [5, 5.41) is 0. The Morgan fingerprint density at radius 3 is 2.46 bits per heavy atom. The fraction of sp³-hybridized carbons (Fsp3) is 0.455. The van der Waals surface area contributed by atoms with Gasteiger partial charge in [-0.15, -0.1) is 0 Å². The normalized spacial score (nSPS) is 18.3. The third-order valence-corrected chi connectivity index (χ3v) is 4.50. The summed E-state index contributed by atoms with van der Waals surface area (Å²) in [5.74, 6) is 3.93. The van der Waals surface area contributed by atoms with Crippen LogP contribution in [-0.2, 0) is 6.42 Å². The van der Waals surface area contributed by atoms with E-state index < -0.39 is 11.7 Å². The van der Waals surface area contributed by atoms with Crippen molar-refractivity contribution in [2.24, 2.45) is 5.92 Å². The van der Waals surface area contributed by atoms with Gasteiger partial charge in [0.1, 0.15) is 0 Å². The van der Waals surface area contributed by atoms with Gasteiger partial charge in [0.05, 0.1) is 0 Å². The minimum atomic E-state index is -0.951. The lowest BCUT2D eigenvalue weighted by Gasteiger charge is -2.20. The quantitative estimate of drug-likeness (QED) is 0.530. The van der Waals surface area contributed by atoms with Gasteiger partial charge >= 0.3 is 0 Å². The Balaban J connectivity index is 2.05. The van der Waals surface area contributed by atoms with Gasteiger partial charge in [-0.25, -0.2) is 4.39 Å².